The minimum atomic E-state index is -0.450. The summed E-state index contributed by atoms with van der Waals surface area (Å²) < 4.78 is 0. The van der Waals surface area contributed by atoms with Gasteiger partial charge in [0.15, 0.2) is 0 Å². The molecule has 0 saturated carbocycles. The van der Waals surface area contributed by atoms with Gasteiger partial charge in [-0.25, -0.2) is 9.97 Å². The van der Waals surface area contributed by atoms with Crippen LogP contribution in [0, 0.1) is 0 Å². The highest BCUT2D eigenvalue weighted by molar-refractivity contribution is 5.82. The Balaban J connectivity index is 1.34. The van der Waals surface area contributed by atoms with Gasteiger partial charge in [0.05, 0.1) is 12.2 Å². The van der Waals surface area contributed by atoms with Crippen molar-refractivity contribution in [2.45, 2.75) is 13.0 Å². The molecular weight excluding hydrogens is 468 g/mol. The molecule has 1 atom stereocenters. The molecule has 2 amide bonds. The Morgan fingerprint density at radius 3 is 2.24 bits per heavy atom. The van der Waals surface area contributed by atoms with Crippen molar-refractivity contribution in [3.05, 3.63) is 60.8 Å². The monoisotopic (exact) mass is 502 g/mol. The molecule has 1 aliphatic heterocycles. The number of anilines is 4. The summed E-state index contributed by atoms with van der Waals surface area (Å²) in [4.78, 5) is 38.7. The molecule has 1 aliphatic rings. The number of hydrogen-bond donors (Lipinski definition) is 3. The zero-order chi connectivity index (χ0) is 26.4. The van der Waals surface area contributed by atoms with Gasteiger partial charge in [-0.15, -0.1) is 0 Å². The van der Waals surface area contributed by atoms with E-state index >= 15 is 0 Å². The number of carbonyl (C=O) groups is 2. The van der Waals surface area contributed by atoms with Crippen molar-refractivity contribution in [1.82, 2.24) is 19.8 Å². The summed E-state index contributed by atoms with van der Waals surface area (Å²) in [6.07, 6.45) is 1.72. The first kappa shape index (κ1) is 25.9. The van der Waals surface area contributed by atoms with Crippen LogP contribution >= 0.6 is 0 Å². The number of amides is 2. The van der Waals surface area contributed by atoms with Crippen molar-refractivity contribution in [2.24, 2.45) is 5.73 Å². The zero-order valence-corrected chi connectivity index (χ0v) is 21.5. The topological polar surface area (TPSA) is 120 Å². The van der Waals surface area contributed by atoms with Crippen molar-refractivity contribution in [3.63, 3.8) is 0 Å². The van der Waals surface area contributed by atoms with E-state index in [2.05, 4.69) is 37.6 Å². The number of nitrogens with zero attached hydrogens (tertiary/aromatic N) is 5. The second-order valence-electron chi connectivity index (χ2n) is 9.39. The molecule has 0 unspecified atom stereocenters. The molecule has 3 aromatic rings. The summed E-state index contributed by atoms with van der Waals surface area (Å²) in [5.74, 6) is 0.276. The maximum Gasteiger partial charge on any atom is 0.239 e. The number of likely N-dealkylation sites (N-methyl/N-ethyl adjacent to an activating group) is 1. The molecule has 4 rings (SSSR count). The molecule has 0 bridgehead atoms. The third-order valence-electron chi connectivity index (χ3n) is 6.22. The van der Waals surface area contributed by atoms with Gasteiger partial charge >= 0.3 is 0 Å². The Morgan fingerprint density at radius 2 is 1.62 bits per heavy atom. The van der Waals surface area contributed by atoms with Gasteiger partial charge in [0.2, 0.25) is 17.8 Å². The van der Waals surface area contributed by atoms with E-state index in [1.54, 1.807) is 13.1 Å². The van der Waals surface area contributed by atoms with Crippen molar-refractivity contribution >= 4 is 34.8 Å². The Hall–Kier alpha value is -4.18. The minimum Gasteiger partial charge on any atom is -0.374 e. The molecule has 0 spiro atoms. The molecule has 1 saturated heterocycles. The molecular formula is C27H34N8O2. The van der Waals surface area contributed by atoms with Gasteiger partial charge in [0.25, 0.3) is 0 Å². The van der Waals surface area contributed by atoms with Crippen molar-refractivity contribution in [1.29, 1.82) is 0 Å². The first-order valence-corrected chi connectivity index (χ1v) is 12.3. The molecule has 0 radical (unpaired) electrons. The lowest BCUT2D eigenvalue weighted by atomic mass is 10.1. The summed E-state index contributed by atoms with van der Waals surface area (Å²) in [6, 6.07) is 17.2. The Bertz CT molecular complexity index is 1210. The average molecular weight is 503 g/mol. The molecule has 10 heteroatoms. The van der Waals surface area contributed by atoms with Gasteiger partial charge in [-0.1, -0.05) is 12.1 Å². The number of carbonyl (C=O) groups excluding carboxylic acids is 2. The van der Waals surface area contributed by atoms with Crippen LogP contribution in [0.4, 0.5) is 23.0 Å². The summed E-state index contributed by atoms with van der Waals surface area (Å²) in [5, 5.41) is 6.34. The predicted octanol–water partition coefficient (Wildman–Crippen LogP) is 2.38. The number of piperazine rings is 1. The van der Waals surface area contributed by atoms with E-state index in [1.807, 2.05) is 66.4 Å². The van der Waals surface area contributed by atoms with E-state index in [4.69, 9.17) is 5.73 Å². The van der Waals surface area contributed by atoms with Crippen LogP contribution in [0.5, 0.6) is 0 Å². The first-order chi connectivity index (χ1) is 17.8. The number of nitrogens with two attached hydrogens (primary N) is 1. The van der Waals surface area contributed by atoms with E-state index in [-0.39, 0.29) is 5.91 Å². The molecule has 4 N–H and O–H groups in total. The largest absolute Gasteiger partial charge is 0.374 e. The van der Waals surface area contributed by atoms with Crippen LogP contribution in [0.2, 0.25) is 0 Å². The van der Waals surface area contributed by atoms with Crippen LogP contribution in [0.3, 0.4) is 0 Å². The number of aromatic nitrogens is 2. The van der Waals surface area contributed by atoms with Crippen LogP contribution in [0.25, 0.3) is 11.3 Å². The van der Waals surface area contributed by atoms with E-state index in [1.165, 1.54) is 0 Å². The van der Waals surface area contributed by atoms with E-state index < -0.39 is 11.9 Å². The quantitative estimate of drug-likeness (QED) is 0.408. The fourth-order valence-electron chi connectivity index (χ4n) is 4.11. The molecule has 2 heterocycles. The number of nitrogens with one attached hydrogen (secondary N) is 2. The second-order valence-corrected chi connectivity index (χ2v) is 9.39. The second kappa shape index (κ2) is 11.7. The van der Waals surface area contributed by atoms with Gasteiger partial charge in [-0.2, -0.15) is 0 Å². The molecule has 194 valence electrons. The normalized spacial score (nSPS) is 14.4. The smallest absolute Gasteiger partial charge is 0.239 e. The molecule has 37 heavy (non-hydrogen) atoms. The van der Waals surface area contributed by atoms with Crippen LogP contribution in [0.15, 0.2) is 60.8 Å². The summed E-state index contributed by atoms with van der Waals surface area (Å²) in [7, 11) is 3.83. The van der Waals surface area contributed by atoms with Crippen molar-refractivity contribution in [3.8, 4) is 11.3 Å². The third-order valence-corrected chi connectivity index (χ3v) is 6.22. The molecule has 10 nitrogen and oxygen atoms in total. The Kier molecular flexibility index (Phi) is 8.19. The standard InChI is InChI=1S/C27H34N8O2/c1-19(26(28)37)30-21-6-4-20(5-7-21)24-12-13-29-27(32-24)31-22-8-10-23(11-9-22)34-14-16-35(17-15-34)25(36)18-33(2)3/h4-13,19,30H,14-18H2,1-3H3,(H2,28,37)(H,29,31,32)/t19-/m1/s1. The lowest BCUT2D eigenvalue weighted by Crippen LogP contribution is -2.50. The lowest BCUT2D eigenvalue weighted by molar-refractivity contribution is -0.132. The molecule has 2 aromatic carbocycles. The van der Waals surface area contributed by atoms with Gasteiger partial charge in [-0.05, 0) is 63.5 Å². The number of benzene rings is 2. The number of rotatable bonds is 9. The zero-order valence-electron chi connectivity index (χ0n) is 21.5. The summed E-state index contributed by atoms with van der Waals surface area (Å²) in [5.41, 5.74) is 9.85. The third kappa shape index (κ3) is 6.95. The van der Waals surface area contributed by atoms with Crippen molar-refractivity contribution < 1.29 is 9.59 Å². The van der Waals surface area contributed by atoms with Crippen molar-refractivity contribution in [2.75, 3.05) is 62.4 Å². The van der Waals surface area contributed by atoms with Crippen LogP contribution in [0.1, 0.15) is 6.92 Å². The first-order valence-electron chi connectivity index (χ1n) is 12.3. The highest BCUT2D eigenvalue weighted by Crippen LogP contribution is 2.24. The summed E-state index contributed by atoms with van der Waals surface area (Å²) in [6.45, 7) is 5.26. The maximum absolute atomic E-state index is 12.3. The van der Waals surface area contributed by atoms with Crippen LogP contribution in [-0.2, 0) is 9.59 Å². The van der Waals surface area contributed by atoms with Gasteiger partial charge in [0, 0.05) is 55.0 Å². The van der Waals surface area contributed by atoms with Gasteiger partial charge < -0.3 is 31.1 Å². The molecule has 0 aliphatic carbocycles. The van der Waals surface area contributed by atoms with E-state index in [0.717, 1.165) is 54.5 Å². The highest BCUT2D eigenvalue weighted by Gasteiger charge is 2.21. The molecule has 1 fully saturated rings. The SMILES string of the molecule is C[C@@H](Nc1ccc(-c2ccnc(Nc3ccc(N4CCN(C(=O)CN(C)C)CC4)cc3)n2)cc1)C(N)=O. The fourth-order valence-corrected chi connectivity index (χ4v) is 4.11. The Morgan fingerprint density at radius 1 is 0.973 bits per heavy atom. The van der Waals surface area contributed by atoms with Gasteiger partial charge in [0.1, 0.15) is 6.04 Å². The van der Waals surface area contributed by atoms with E-state index in [9.17, 15) is 9.59 Å². The number of hydrogen-bond acceptors (Lipinski definition) is 8. The fraction of sp³-hybridized carbons (Fsp3) is 0.333. The molecule has 1 aromatic heterocycles. The van der Waals surface area contributed by atoms with Crippen LogP contribution in [-0.4, -0.2) is 84.4 Å². The predicted molar refractivity (Wildman–Crippen MR) is 147 cm³/mol. The summed E-state index contributed by atoms with van der Waals surface area (Å²) >= 11 is 0. The number of primary amides is 1. The van der Waals surface area contributed by atoms with Crippen LogP contribution < -0.4 is 21.3 Å². The average Bonchev–Trinajstić information content (AvgIpc) is 2.89. The van der Waals surface area contributed by atoms with Gasteiger partial charge in [-0.3, -0.25) is 9.59 Å². The Labute approximate surface area is 217 Å². The lowest BCUT2D eigenvalue weighted by Gasteiger charge is -2.36. The maximum atomic E-state index is 12.3. The highest BCUT2D eigenvalue weighted by atomic mass is 16.2. The minimum absolute atomic E-state index is 0.178. The van der Waals surface area contributed by atoms with E-state index in [0.29, 0.717) is 12.5 Å².